The number of nitrogens with zero attached hydrogens (tertiary/aromatic N) is 1. The van der Waals surface area contributed by atoms with Crippen LogP contribution in [0.15, 0.2) is 18.2 Å². The lowest BCUT2D eigenvalue weighted by Crippen LogP contribution is -2.20. The molecule has 13 heavy (non-hydrogen) atoms. The molecule has 0 bridgehead atoms. The van der Waals surface area contributed by atoms with Crippen LogP contribution in [0.1, 0.15) is 11.1 Å². The monoisotopic (exact) mass is 177 g/mol. The first-order valence-corrected chi connectivity index (χ1v) is 4.37. The lowest BCUT2D eigenvalue weighted by Gasteiger charge is -2.18. The lowest BCUT2D eigenvalue weighted by atomic mass is 10.1. The Bertz CT molecular complexity index is 307. The zero-order valence-corrected chi connectivity index (χ0v) is 8.37. The topological polar surface area (TPSA) is 20.3 Å². The maximum Gasteiger partial charge on any atom is 0.139 e. The van der Waals surface area contributed by atoms with Crippen LogP contribution in [0.2, 0.25) is 0 Å². The Morgan fingerprint density at radius 2 is 2.08 bits per heavy atom. The minimum atomic E-state index is 0.448. The van der Waals surface area contributed by atoms with Gasteiger partial charge < -0.3 is 9.69 Å². The number of rotatable bonds is 3. The molecule has 0 heterocycles. The molecule has 0 aliphatic heterocycles. The SMILES string of the molecule is Cc1ccc(N(C)CC=O)c(C)c1. The summed E-state index contributed by atoms with van der Waals surface area (Å²) in [4.78, 5) is 12.3. The van der Waals surface area contributed by atoms with Gasteiger partial charge >= 0.3 is 0 Å². The average molecular weight is 177 g/mol. The molecule has 1 aromatic carbocycles. The molecular formula is C11H15NO. The third-order valence-corrected chi connectivity index (χ3v) is 2.11. The Morgan fingerprint density at radius 3 is 2.62 bits per heavy atom. The van der Waals surface area contributed by atoms with Crippen LogP contribution in [-0.4, -0.2) is 19.9 Å². The first kappa shape index (κ1) is 9.78. The lowest BCUT2D eigenvalue weighted by molar-refractivity contribution is -0.106. The second-order valence-electron chi connectivity index (χ2n) is 3.34. The molecule has 0 spiro atoms. The van der Waals surface area contributed by atoms with E-state index in [2.05, 4.69) is 26.0 Å². The Labute approximate surface area is 79.2 Å². The van der Waals surface area contributed by atoms with Crippen molar-refractivity contribution in [2.24, 2.45) is 0 Å². The molecule has 0 aliphatic carbocycles. The second kappa shape index (κ2) is 4.08. The van der Waals surface area contributed by atoms with Gasteiger partial charge in [-0.3, -0.25) is 0 Å². The molecule has 0 aromatic heterocycles. The molecule has 0 fully saturated rings. The van der Waals surface area contributed by atoms with E-state index in [1.54, 1.807) is 0 Å². The molecule has 0 aliphatic rings. The number of hydrogen-bond acceptors (Lipinski definition) is 2. The second-order valence-corrected chi connectivity index (χ2v) is 3.34. The van der Waals surface area contributed by atoms with E-state index < -0.39 is 0 Å². The van der Waals surface area contributed by atoms with Crippen molar-refractivity contribution in [3.63, 3.8) is 0 Å². The van der Waals surface area contributed by atoms with Crippen molar-refractivity contribution in [3.8, 4) is 0 Å². The Morgan fingerprint density at radius 1 is 1.38 bits per heavy atom. The largest absolute Gasteiger partial charge is 0.367 e. The molecule has 0 unspecified atom stereocenters. The quantitative estimate of drug-likeness (QED) is 0.658. The van der Waals surface area contributed by atoms with E-state index in [0.29, 0.717) is 6.54 Å². The summed E-state index contributed by atoms with van der Waals surface area (Å²) in [6.45, 7) is 4.57. The molecule has 0 saturated heterocycles. The molecule has 1 rings (SSSR count). The van der Waals surface area contributed by atoms with E-state index in [9.17, 15) is 4.79 Å². The predicted octanol–water partition coefficient (Wildman–Crippen LogP) is 1.94. The number of anilines is 1. The minimum Gasteiger partial charge on any atom is -0.367 e. The van der Waals surface area contributed by atoms with Crippen molar-refractivity contribution in [2.75, 3.05) is 18.5 Å². The molecular weight excluding hydrogens is 162 g/mol. The van der Waals surface area contributed by atoms with E-state index >= 15 is 0 Å². The van der Waals surface area contributed by atoms with Crippen LogP contribution >= 0.6 is 0 Å². The van der Waals surface area contributed by atoms with Crippen molar-refractivity contribution in [1.82, 2.24) is 0 Å². The van der Waals surface area contributed by atoms with E-state index in [-0.39, 0.29) is 0 Å². The number of likely N-dealkylation sites (N-methyl/N-ethyl adjacent to an activating group) is 1. The number of benzene rings is 1. The van der Waals surface area contributed by atoms with Gasteiger partial charge in [0.1, 0.15) is 6.29 Å². The summed E-state index contributed by atoms with van der Waals surface area (Å²) in [5, 5.41) is 0. The van der Waals surface area contributed by atoms with Gasteiger partial charge in [-0.05, 0) is 25.5 Å². The fourth-order valence-corrected chi connectivity index (χ4v) is 1.44. The Hall–Kier alpha value is -1.31. The van der Waals surface area contributed by atoms with Gasteiger partial charge in [-0.15, -0.1) is 0 Å². The van der Waals surface area contributed by atoms with Gasteiger partial charge in [0.15, 0.2) is 0 Å². The summed E-state index contributed by atoms with van der Waals surface area (Å²) >= 11 is 0. The van der Waals surface area contributed by atoms with E-state index in [1.165, 1.54) is 11.1 Å². The van der Waals surface area contributed by atoms with Gasteiger partial charge in [-0.1, -0.05) is 17.7 Å². The number of carbonyl (C=O) groups excluding carboxylic acids is 1. The molecule has 0 atom stereocenters. The molecule has 0 saturated carbocycles. The first-order valence-electron chi connectivity index (χ1n) is 4.37. The zero-order chi connectivity index (χ0) is 9.84. The Balaban J connectivity index is 2.94. The molecule has 70 valence electrons. The van der Waals surface area contributed by atoms with Gasteiger partial charge in [-0.25, -0.2) is 0 Å². The highest BCUT2D eigenvalue weighted by Crippen LogP contribution is 2.18. The summed E-state index contributed by atoms with van der Waals surface area (Å²) < 4.78 is 0. The molecule has 0 radical (unpaired) electrons. The normalized spacial score (nSPS) is 9.77. The summed E-state index contributed by atoms with van der Waals surface area (Å²) in [5.41, 5.74) is 3.59. The van der Waals surface area contributed by atoms with E-state index in [0.717, 1.165) is 12.0 Å². The van der Waals surface area contributed by atoms with Crippen molar-refractivity contribution in [3.05, 3.63) is 29.3 Å². The highest BCUT2D eigenvalue weighted by molar-refractivity contribution is 5.63. The van der Waals surface area contributed by atoms with Crippen molar-refractivity contribution >= 4 is 12.0 Å². The molecule has 1 aromatic rings. The van der Waals surface area contributed by atoms with Crippen LogP contribution in [0.4, 0.5) is 5.69 Å². The van der Waals surface area contributed by atoms with Crippen molar-refractivity contribution in [2.45, 2.75) is 13.8 Å². The fourth-order valence-electron chi connectivity index (χ4n) is 1.44. The van der Waals surface area contributed by atoms with Gasteiger partial charge in [0.2, 0.25) is 0 Å². The van der Waals surface area contributed by atoms with Gasteiger partial charge in [0, 0.05) is 12.7 Å². The molecule has 0 amide bonds. The summed E-state index contributed by atoms with van der Waals surface area (Å²) in [6, 6.07) is 6.23. The van der Waals surface area contributed by atoms with Crippen molar-refractivity contribution in [1.29, 1.82) is 0 Å². The zero-order valence-electron chi connectivity index (χ0n) is 8.37. The van der Waals surface area contributed by atoms with Crippen LogP contribution in [0.5, 0.6) is 0 Å². The van der Waals surface area contributed by atoms with Crippen LogP contribution in [-0.2, 0) is 4.79 Å². The number of aldehydes is 1. The standard InChI is InChI=1S/C11H15NO/c1-9-4-5-11(10(2)8-9)12(3)6-7-13/h4-5,7-8H,6H2,1-3H3. The maximum absolute atomic E-state index is 10.3. The third-order valence-electron chi connectivity index (χ3n) is 2.11. The average Bonchev–Trinajstić information content (AvgIpc) is 2.04. The highest BCUT2D eigenvalue weighted by Gasteiger charge is 2.02. The van der Waals surface area contributed by atoms with Gasteiger partial charge in [0.05, 0.1) is 6.54 Å². The summed E-state index contributed by atoms with van der Waals surface area (Å²) in [7, 11) is 1.92. The van der Waals surface area contributed by atoms with Crippen LogP contribution in [0.3, 0.4) is 0 Å². The Kier molecular flexibility index (Phi) is 3.07. The predicted molar refractivity (Wildman–Crippen MR) is 55.3 cm³/mol. The number of hydrogen-bond donors (Lipinski definition) is 0. The number of carbonyl (C=O) groups is 1. The molecule has 2 heteroatoms. The van der Waals surface area contributed by atoms with Gasteiger partial charge in [-0.2, -0.15) is 0 Å². The summed E-state index contributed by atoms with van der Waals surface area (Å²) in [5.74, 6) is 0. The van der Waals surface area contributed by atoms with Gasteiger partial charge in [0.25, 0.3) is 0 Å². The highest BCUT2D eigenvalue weighted by atomic mass is 16.1. The molecule has 2 nitrogen and oxygen atoms in total. The third kappa shape index (κ3) is 2.31. The number of aryl methyl sites for hydroxylation is 2. The fraction of sp³-hybridized carbons (Fsp3) is 0.364. The molecule has 0 N–H and O–H groups in total. The first-order chi connectivity index (χ1) is 6.15. The van der Waals surface area contributed by atoms with E-state index in [1.807, 2.05) is 18.0 Å². The minimum absolute atomic E-state index is 0.448. The van der Waals surface area contributed by atoms with Crippen molar-refractivity contribution < 1.29 is 4.79 Å². The van der Waals surface area contributed by atoms with Crippen LogP contribution < -0.4 is 4.90 Å². The van der Waals surface area contributed by atoms with Crippen LogP contribution in [0.25, 0.3) is 0 Å². The van der Waals surface area contributed by atoms with Crippen LogP contribution in [0, 0.1) is 13.8 Å². The summed E-state index contributed by atoms with van der Waals surface area (Å²) in [6.07, 6.45) is 0.916. The maximum atomic E-state index is 10.3. The smallest absolute Gasteiger partial charge is 0.139 e. The van der Waals surface area contributed by atoms with E-state index in [4.69, 9.17) is 0 Å².